The van der Waals surface area contributed by atoms with Crippen molar-refractivity contribution in [3.63, 3.8) is 0 Å². The van der Waals surface area contributed by atoms with E-state index in [0.717, 1.165) is 29.3 Å². The van der Waals surface area contributed by atoms with Gasteiger partial charge in [0.2, 0.25) is 0 Å². The van der Waals surface area contributed by atoms with E-state index in [-0.39, 0.29) is 22.5 Å². The van der Waals surface area contributed by atoms with E-state index < -0.39 is 36.9 Å². The second-order valence-corrected chi connectivity index (χ2v) is 7.99. The van der Waals surface area contributed by atoms with Gasteiger partial charge in [0.25, 0.3) is 5.91 Å². The predicted molar refractivity (Wildman–Crippen MR) is 125 cm³/mol. The largest absolute Gasteiger partial charge is 0.394 e. The van der Waals surface area contributed by atoms with Gasteiger partial charge in [-0.25, -0.2) is 18.2 Å². The number of nitrogens with zero attached hydrogens (tertiary/aromatic N) is 3. The molecule has 0 unspecified atom stereocenters. The highest BCUT2D eigenvalue weighted by molar-refractivity contribution is 5.95. The zero-order valence-electron chi connectivity index (χ0n) is 18.7. The normalized spacial score (nSPS) is 11.9. The first-order valence-electron chi connectivity index (χ1n) is 10.6. The van der Waals surface area contributed by atoms with Crippen LogP contribution in [0.3, 0.4) is 0 Å². The smallest absolute Gasteiger partial charge is 0.254 e. The Hall–Kier alpha value is -4.18. The molecular weight excluding hydrogens is 459 g/mol. The zero-order valence-corrected chi connectivity index (χ0v) is 18.7. The molecule has 35 heavy (non-hydrogen) atoms. The highest BCUT2D eigenvalue weighted by Gasteiger charge is 2.20. The van der Waals surface area contributed by atoms with Crippen molar-refractivity contribution < 1.29 is 23.1 Å². The van der Waals surface area contributed by atoms with Crippen molar-refractivity contribution in [2.24, 2.45) is 7.05 Å². The molecule has 7 nitrogen and oxygen atoms in total. The van der Waals surface area contributed by atoms with E-state index >= 15 is 0 Å². The molecule has 2 heterocycles. The molecule has 0 saturated carbocycles. The number of amides is 1. The third-order valence-electron chi connectivity index (χ3n) is 5.51. The standard InChI is InChI=1S/C25H22F3N5O2/c1-33-12-18(11-31-33)17-7-21(24(29)30-10-17)15-2-3-20(22(28)8-15)25(35)32-23(13-34)16-4-14(9-26)5-19(27)6-16/h2-8,10-12,23,34H,9,13H2,1H3,(H2,29,30)(H,32,35)/t23-/m1/s1. The molecular formula is C25H22F3N5O2. The van der Waals surface area contributed by atoms with Gasteiger partial charge in [-0.1, -0.05) is 12.1 Å². The maximum Gasteiger partial charge on any atom is 0.254 e. The second kappa shape index (κ2) is 9.98. The van der Waals surface area contributed by atoms with Crippen LogP contribution < -0.4 is 11.1 Å². The average molecular weight is 481 g/mol. The molecule has 4 rings (SSSR count). The molecule has 180 valence electrons. The third-order valence-corrected chi connectivity index (χ3v) is 5.51. The van der Waals surface area contributed by atoms with E-state index in [1.54, 1.807) is 36.4 Å². The summed E-state index contributed by atoms with van der Waals surface area (Å²) in [5.41, 5.74) is 8.38. The minimum absolute atomic E-state index is 0.0583. The summed E-state index contributed by atoms with van der Waals surface area (Å²) in [6, 6.07) is 8.08. The van der Waals surface area contributed by atoms with Crippen LogP contribution in [0.15, 0.2) is 61.1 Å². The number of rotatable bonds is 7. The lowest BCUT2D eigenvalue weighted by atomic mass is 10.00. The van der Waals surface area contributed by atoms with Gasteiger partial charge >= 0.3 is 0 Å². The molecule has 0 radical (unpaired) electrons. The van der Waals surface area contributed by atoms with Gasteiger partial charge in [0.05, 0.1) is 24.4 Å². The highest BCUT2D eigenvalue weighted by Crippen LogP contribution is 2.30. The number of aliphatic hydroxyl groups excluding tert-OH is 1. The van der Waals surface area contributed by atoms with Crippen molar-refractivity contribution in [1.82, 2.24) is 20.1 Å². The van der Waals surface area contributed by atoms with Crippen molar-refractivity contribution >= 4 is 11.7 Å². The van der Waals surface area contributed by atoms with Gasteiger partial charge in [0.1, 0.15) is 24.1 Å². The summed E-state index contributed by atoms with van der Waals surface area (Å²) in [7, 11) is 1.78. The quantitative estimate of drug-likeness (QED) is 0.371. The van der Waals surface area contributed by atoms with Gasteiger partial charge in [0.15, 0.2) is 0 Å². The molecule has 4 aromatic rings. The van der Waals surface area contributed by atoms with Crippen LogP contribution in [0.4, 0.5) is 19.0 Å². The molecule has 4 N–H and O–H groups in total. The van der Waals surface area contributed by atoms with Crippen LogP contribution in [0.5, 0.6) is 0 Å². The first kappa shape index (κ1) is 24.0. The Kier molecular flexibility index (Phi) is 6.83. The molecule has 0 saturated heterocycles. The lowest BCUT2D eigenvalue weighted by Gasteiger charge is -2.18. The van der Waals surface area contributed by atoms with Crippen LogP contribution in [0.1, 0.15) is 27.5 Å². The summed E-state index contributed by atoms with van der Waals surface area (Å²) in [6.45, 7) is -1.50. The molecule has 10 heteroatoms. The zero-order chi connectivity index (χ0) is 25.1. The Bertz CT molecular complexity index is 1390. The van der Waals surface area contributed by atoms with Gasteiger partial charge < -0.3 is 16.2 Å². The van der Waals surface area contributed by atoms with E-state index in [1.807, 2.05) is 0 Å². The molecule has 1 amide bonds. The van der Waals surface area contributed by atoms with Crippen LogP contribution in [0.2, 0.25) is 0 Å². The number of halogens is 3. The SMILES string of the molecule is Cn1cc(-c2cnc(N)c(-c3ccc(C(=O)N[C@H](CO)c4cc(F)cc(CF)c4)c(F)c3)c2)cn1. The van der Waals surface area contributed by atoms with E-state index in [4.69, 9.17) is 5.73 Å². The van der Waals surface area contributed by atoms with Gasteiger partial charge in [-0.3, -0.25) is 9.48 Å². The number of hydrogen-bond donors (Lipinski definition) is 3. The number of aromatic nitrogens is 3. The number of anilines is 1. The fourth-order valence-electron chi connectivity index (χ4n) is 3.73. The van der Waals surface area contributed by atoms with Crippen molar-refractivity contribution in [3.05, 3.63) is 89.4 Å². The van der Waals surface area contributed by atoms with Crippen molar-refractivity contribution in [1.29, 1.82) is 0 Å². The first-order chi connectivity index (χ1) is 16.8. The Morgan fingerprint density at radius 3 is 2.57 bits per heavy atom. The van der Waals surface area contributed by atoms with Crippen LogP contribution in [-0.2, 0) is 13.7 Å². The lowest BCUT2D eigenvalue weighted by molar-refractivity contribution is 0.0912. The maximum absolute atomic E-state index is 15.0. The summed E-state index contributed by atoms with van der Waals surface area (Å²) in [4.78, 5) is 16.9. The third kappa shape index (κ3) is 5.17. The average Bonchev–Trinajstić information content (AvgIpc) is 3.28. The molecule has 0 bridgehead atoms. The lowest BCUT2D eigenvalue weighted by Crippen LogP contribution is -2.31. The predicted octanol–water partition coefficient (Wildman–Crippen LogP) is 3.94. The number of nitrogens with two attached hydrogens (primary N) is 1. The molecule has 0 aliphatic rings. The fourth-order valence-corrected chi connectivity index (χ4v) is 3.73. The summed E-state index contributed by atoms with van der Waals surface area (Å²) in [6.07, 6.45) is 5.05. The van der Waals surface area contributed by atoms with E-state index in [1.165, 1.54) is 18.2 Å². The molecule has 0 aliphatic heterocycles. The number of pyridine rings is 1. The number of carbonyl (C=O) groups is 1. The number of alkyl halides is 1. The number of nitrogens with one attached hydrogen (secondary N) is 1. The van der Waals surface area contributed by atoms with Gasteiger partial charge in [-0.15, -0.1) is 0 Å². The number of carbonyl (C=O) groups excluding carboxylic acids is 1. The minimum Gasteiger partial charge on any atom is -0.394 e. The van der Waals surface area contributed by atoms with Gasteiger partial charge in [-0.2, -0.15) is 5.10 Å². The summed E-state index contributed by atoms with van der Waals surface area (Å²) in [5.74, 6) is -2.18. The maximum atomic E-state index is 15.0. The van der Waals surface area contributed by atoms with E-state index in [2.05, 4.69) is 15.4 Å². The van der Waals surface area contributed by atoms with Crippen LogP contribution in [-0.4, -0.2) is 32.4 Å². The van der Waals surface area contributed by atoms with E-state index in [0.29, 0.717) is 11.1 Å². The molecule has 2 aromatic heterocycles. The van der Waals surface area contributed by atoms with Crippen molar-refractivity contribution in [3.8, 4) is 22.3 Å². The Balaban J connectivity index is 1.60. The fraction of sp³-hybridized carbons (Fsp3) is 0.160. The van der Waals surface area contributed by atoms with E-state index in [9.17, 15) is 23.1 Å². The van der Waals surface area contributed by atoms with Crippen LogP contribution in [0, 0.1) is 11.6 Å². The molecule has 0 spiro atoms. The molecule has 2 aromatic carbocycles. The Morgan fingerprint density at radius 1 is 1.11 bits per heavy atom. The molecule has 0 fully saturated rings. The van der Waals surface area contributed by atoms with Crippen LogP contribution in [0.25, 0.3) is 22.3 Å². The Labute approximate surface area is 199 Å². The van der Waals surface area contributed by atoms with Crippen LogP contribution >= 0.6 is 0 Å². The second-order valence-electron chi connectivity index (χ2n) is 7.99. The number of nitrogen functional groups attached to an aromatic ring is 1. The highest BCUT2D eigenvalue weighted by atomic mass is 19.1. The van der Waals surface area contributed by atoms with Crippen molar-refractivity contribution in [2.45, 2.75) is 12.7 Å². The number of hydrogen-bond acceptors (Lipinski definition) is 5. The topological polar surface area (TPSA) is 106 Å². The van der Waals surface area contributed by atoms with Gasteiger partial charge in [0, 0.05) is 36.1 Å². The molecule has 1 atom stereocenters. The number of aliphatic hydroxyl groups is 1. The number of aryl methyl sites for hydroxylation is 1. The number of benzene rings is 2. The summed E-state index contributed by atoms with van der Waals surface area (Å²) < 4.78 is 43.4. The first-order valence-corrected chi connectivity index (χ1v) is 10.6. The van der Waals surface area contributed by atoms with Crippen molar-refractivity contribution in [2.75, 3.05) is 12.3 Å². The summed E-state index contributed by atoms with van der Waals surface area (Å²) >= 11 is 0. The molecule has 0 aliphatic carbocycles. The monoisotopic (exact) mass is 481 g/mol. The van der Waals surface area contributed by atoms with Gasteiger partial charge in [-0.05, 0) is 47.0 Å². The summed E-state index contributed by atoms with van der Waals surface area (Å²) in [5, 5.41) is 16.3. The Morgan fingerprint density at radius 2 is 1.91 bits per heavy atom. The minimum atomic E-state index is -1.06.